The van der Waals surface area contributed by atoms with E-state index in [1.165, 1.54) is 18.9 Å². The largest absolute Gasteiger partial charge is 0.478 e. The molecular formula is C10H14O2. The maximum atomic E-state index is 9.98. The van der Waals surface area contributed by atoms with Crippen LogP contribution in [0.5, 0.6) is 0 Å². The normalized spacial score (nSPS) is 9.42. The molecule has 0 bridgehead atoms. The third-order valence-corrected chi connectivity index (χ3v) is 1.32. The highest BCUT2D eigenvalue weighted by molar-refractivity contribution is 5.80. The monoisotopic (exact) mass is 166 g/mol. The van der Waals surface area contributed by atoms with Gasteiger partial charge in [0.2, 0.25) is 0 Å². The van der Waals surface area contributed by atoms with Crippen LogP contribution in [-0.4, -0.2) is 11.1 Å². The van der Waals surface area contributed by atoms with Crippen LogP contribution in [0.4, 0.5) is 0 Å². The van der Waals surface area contributed by atoms with Crippen LogP contribution in [0.25, 0.3) is 0 Å². The molecule has 0 saturated heterocycles. The first kappa shape index (κ1) is 10.8. The van der Waals surface area contributed by atoms with Gasteiger partial charge in [-0.1, -0.05) is 31.6 Å². The lowest BCUT2D eigenvalue weighted by molar-refractivity contribution is -0.131. The SMILES string of the molecule is CCCCCC#C/C=C\C(=O)O. The van der Waals surface area contributed by atoms with E-state index in [2.05, 4.69) is 18.8 Å². The summed E-state index contributed by atoms with van der Waals surface area (Å²) in [6, 6.07) is 0. The van der Waals surface area contributed by atoms with E-state index in [0.717, 1.165) is 18.9 Å². The lowest BCUT2D eigenvalue weighted by Gasteiger charge is -1.87. The Kier molecular flexibility index (Phi) is 7.07. The molecule has 0 saturated carbocycles. The topological polar surface area (TPSA) is 37.3 Å². The molecule has 0 fully saturated rings. The van der Waals surface area contributed by atoms with Gasteiger partial charge in [-0.15, -0.1) is 0 Å². The highest BCUT2D eigenvalue weighted by atomic mass is 16.4. The summed E-state index contributed by atoms with van der Waals surface area (Å²) in [5.74, 6) is 4.59. The van der Waals surface area contributed by atoms with Gasteiger partial charge in [0.25, 0.3) is 0 Å². The molecule has 0 aliphatic rings. The first-order valence-electron chi connectivity index (χ1n) is 4.15. The summed E-state index contributed by atoms with van der Waals surface area (Å²) < 4.78 is 0. The molecule has 0 spiro atoms. The Hall–Kier alpha value is -1.23. The van der Waals surface area contributed by atoms with Crippen molar-refractivity contribution in [3.05, 3.63) is 12.2 Å². The first-order valence-corrected chi connectivity index (χ1v) is 4.15. The van der Waals surface area contributed by atoms with E-state index in [-0.39, 0.29) is 0 Å². The van der Waals surface area contributed by atoms with E-state index in [1.54, 1.807) is 0 Å². The van der Waals surface area contributed by atoms with Gasteiger partial charge in [0.1, 0.15) is 0 Å². The molecule has 0 heterocycles. The molecule has 0 amide bonds. The molecule has 0 atom stereocenters. The number of aliphatic carboxylic acids is 1. The molecular weight excluding hydrogens is 152 g/mol. The van der Waals surface area contributed by atoms with Crippen LogP contribution in [0.15, 0.2) is 12.2 Å². The molecule has 12 heavy (non-hydrogen) atoms. The highest BCUT2D eigenvalue weighted by Gasteiger charge is 1.81. The molecule has 0 unspecified atom stereocenters. The average molecular weight is 166 g/mol. The van der Waals surface area contributed by atoms with Gasteiger partial charge in [-0.05, 0) is 12.5 Å². The molecule has 0 aliphatic carbocycles. The lowest BCUT2D eigenvalue weighted by atomic mass is 10.2. The maximum absolute atomic E-state index is 9.98. The molecule has 2 heteroatoms. The Morgan fingerprint density at radius 2 is 2.25 bits per heavy atom. The summed E-state index contributed by atoms with van der Waals surface area (Å²) in [4.78, 5) is 9.98. The molecule has 0 aliphatic heterocycles. The summed E-state index contributed by atoms with van der Waals surface area (Å²) in [6.07, 6.45) is 6.76. The van der Waals surface area contributed by atoms with E-state index < -0.39 is 5.97 Å². The molecule has 0 radical (unpaired) electrons. The van der Waals surface area contributed by atoms with Gasteiger partial charge in [0, 0.05) is 12.5 Å². The number of carboxylic acid groups (broad SMARTS) is 1. The van der Waals surface area contributed by atoms with E-state index in [9.17, 15) is 4.79 Å². The summed E-state index contributed by atoms with van der Waals surface area (Å²) in [7, 11) is 0. The molecule has 0 aromatic rings. The van der Waals surface area contributed by atoms with E-state index in [4.69, 9.17) is 5.11 Å². The number of carbonyl (C=O) groups is 1. The molecule has 1 N–H and O–H groups in total. The van der Waals surface area contributed by atoms with Crippen molar-refractivity contribution in [2.75, 3.05) is 0 Å². The van der Waals surface area contributed by atoms with Gasteiger partial charge >= 0.3 is 5.97 Å². The van der Waals surface area contributed by atoms with Crippen molar-refractivity contribution in [2.24, 2.45) is 0 Å². The van der Waals surface area contributed by atoms with Crippen LogP contribution in [0.1, 0.15) is 32.6 Å². The van der Waals surface area contributed by atoms with Gasteiger partial charge in [-0.25, -0.2) is 4.79 Å². The van der Waals surface area contributed by atoms with Crippen molar-refractivity contribution in [3.63, 3.8) is 0 Å². The molecule has 2 nitrogen and oxygen atoms in total. The van der Waals surface area contributed by atoms with Crippen molar-refractivity contribution in [1.29, 1.82) is 0 Å². The van der Waals surface area contributed by atoms with Gasteiger partial charge < -0.3 is 5.11 Å². The lowest BCUT2D eigenvalue weighted by Crippen LogP contribution is -1.84. The third-order valence-electron chi connectivity index (χ3n) is 1.32. The maximum Gasteiger partial charge on any atom is 0.328 e. The Labute approximate surface area is 73.3 Å². The van der Waals surface area contributed by atoms with Gasteiger partial charge in [-0.3, -0.25) is 0 Å². The zero-order chi connectivity index (χ0) is 9.23. The smallest absolute Gasteiger partial charge is 0.328 e. The van der Waals surface area contributed by atoms with Crippen molar-refractivity contribution >= 4 is 5.97 Å². The molecule has 0 rings (SSSR count). The predicted molar refractivity (Wildman–Crippen MR) is 48.7 cm³/mol. The minimum absolute atomic E-state index is 0.859. The Balaban J connectivity index is 3.40. The van der Waals surface area contributed by atoms with Crippen molar-refractivity contribution in [3.8, 4) is 11.8 Å². The van der Waals surface area contributed by atoms with Crippen LogP contribution in [0.3, 0.4) is 0 Å². The number of allylic oxidation sites excluding steroid dienone is 1. The van der Waals surface area contributed by atoms with Gasteiger partial charge in [-0.2, -0.15) is 0 Å². The Bertz CT molecular complexity index is 206. The van der Waals surface area contributed by atoms with Crippen molar-refractivity contribution < 1.29 is 9.90 Å². The van der Waals surface area contributed by atoms with Gasteiger partial charge in [0.15, 0.2) is 0 Å². The van der Waals surface area contributed by atoms with Crippen molar-refractivity contribution in [2.45, 2.75) is 32.6 Å². The number of hydrogen-bond acceptors (Lipinski definition) is 1. The molecule has 66 valence electrons. The summed E-state index contributed by atoms with van der Waals surface area (Å²) >= 11 is 0. The number of carboxylic acids is 1. The number of hydrogen-bond donors (Lipinski definition) is 1. The van der Waals surface area contributed by atoms with E-state index >= 15 is 0 Å². The first-order chi connectivity index (χ1) is 5.77. The minimum Gasteiger partial charge on any atom is -0.478 e. The second kappa shape index (κ2) is 7.87. The highest BCUT2D eigenvalue weighted by Crippen LogP contribution is 1.96. The predicted octanol–water partition coefficient (Wildman–Crippen LogP) is 2.21. The summed E-state index contributed by atoms with van der Waals surface area (Å²) in [5.41, 5.74) is 0. The Morgan fingerprint density at radius 3 is 2.83 bits per heavy atom. The van der Waals surface area contributed by atoms with Crippen molar-refractivity contribution in [1.82, 2.24) is 0 Å². The minimum atomic E-state index is -0.946. The van der Waals surface area contributed by atoms with Crippen LogP contribution in [0.2, 0.25) is 0 Å². The van der Waals surface area contributed by atoms with Crippen LogP contribution in [0, 0.1) is 11.8 Å². The fourth-order valence-electron chi connectivity index (χ4n) is 0.707. The second-order valence-corrected chi connectivity index (χ2v) is 2.45. The summed E-state index contributed by atoms with van der Waals surface area (Å²) in [5, 5.41) is 8.20. The zero-order valence-corrected chi connectivity index (χ0v) is 7.34. The van der Waals surface area contributed by atoms with Crippen LogP contribution >= 0.6 is 0 Å². The molecule has 0 aromatic carbocycles. The Morgan fingerprint density at radius 1 is 1.50 bits per heavy atom. The second-order valence-electron chi connectivity index (χ2n) is 2.45. The number of rotatable bonds is 4. The van der Waals surface area contributed by atoms with E-state index in [1.807, 2.05) is 0 Å². The third kappa shape index (κ3) is 8.77. The zero-order valence-electron chi connectivity index (χ0n) is 7.34. The van der Waals surface area contributed by atoms with Gasteiger partial charge in [0.05, 0.1) is 0 Å². The fourth-order valence-corrected chi connectivity index (χ4v) is 0.707. The van der Waals surface area contributed by atoms with Crippen LogP contribution in [-0.2, 0) is 4.79 Å². The van der Waals surface area contributed by atoms with Crippen LogP contribution < -0.4 is 0 Å². The number of unbranched alkanes of at least 4 members (excludes halogenated alkanes) is 3. The molecule has 0 aromatic heterocycles. The summed E-state index contributed by atoms with van der Waals surface area (Å²) in [6.45, 7) is 2.14. The average Bonchev–Trinajstić information content (AvgIpc) is 2.02. The van der Waals surface area contributed by atoms with E-state index in [0.29, 0.717) is 0 Å². The fraction of sp³-hybridized carbons (Fsp3) is 0.500. The quantitative estimate of drug-likeness (QED) is 0.395. The standard InChI is InChI=1S/C10H14O2/c1-2-3-4-5-6-7-8-9-10(11)12/h8-9H,2-5H2,1H3,(H,11,12)/b9-8-.